The molecule has 1 heterocycles. The molecular weight excluding hydrogens is 226 g/mol. The summed E-state index contributed by atoms with van der Waals surface area (Å²) in [4.78, 5) is 25.6. The summed E-state index contributed by atoms with van der Waals surface area (Å²) in [6.07, 6.45) is 0.646. The lowest BCUT2D eigenvalue weighted by molar-refractivity contribution is -0.140. The van der Waals surface area contributed by atoms with Crippen molar-refractivity contribution in [1.82, 2.24) is 4.90 Å². The van der Waals surface area contributed by atoms with Gasteiger partial charge in [-0.25, -0.2) is 0 Å². The van der Waals surface area contributed by atoms with Gasteiger partial charge in [0, 0.05) is 25.8 Å². The molecule has 0 saturated carbocycles. The van der Waals surface area contributed by atoms with Crippen molar-refractivity contribution < 1.29 is 9.59 Å². The smallest absolute Gasteiger partial charge is 0.220 e. The van der Waals surface area contributed by atoms with Crippen LogP contribution in [0, 0.1) is 5.92 Å². The van der Waals surface area contributed by atoms with E-state index in [1.165, 1.54) is 12.5 Å². The maximum absolute atomic E-state index is 12.2. The molecule has 0 aliphatic carbocycles. The predicted molar refractivity (Wildman–Crippen MR) is 70.0 cm³/mol. The molecule has 1 amide bonds. The van der Waals surface area contributed by atoms with Crippen LogP contribution in [-0.4, -0.2) is 22.6 Å². The van der Waals surface area contributed by atoms with E-state index in [-0.39, 0.29) is 23.7 Å². The zero-order chi connectivity index (χ0) is 13.3. The fourth-order valence-electron chi connectivity index (χ4n) is 2.49. The van der Waals surface area contributed by atoms with E-state index in [4.69, 9.17) is 0 Å². The maximum Gasteiger partial charge on any atom is 0.220 e. The highest BCUT2D eigenvalue weighted by Crippen LogP contribution is 2.25. The van der Waals surface area contributed by atoms with Gasteiger partial charge in [0.15, 0.2) is 5.78 Å². The third kappa shape index (κ3) is 2.30. The van der Waals surface area contributed by atoms with Gasteiger partial charge in [-0.05, 0) is 11.1 Å². The third-order valence-corrected chi connectivity index (χ3v) is 3.55. The molecule has 0 N–H and O–H groups in total. The molecule has 0 spiro atoms. The van der Waals surface area contributed by atoms with E-state index < -0.39 is 0 Å². The summed E-state index contributed by atoms with van der Waals surface area (Å²) < 4.78 is 0. The van der Waals surface area contributed by atoms with Crippen LogP contribution < -0.4 is 0 Å². The summed E-state index contributed by atoms with van der Waals surface area (Å²) in [5.74, 6) is 0.0883. The Hall–Kier alpha value is -1.64. The Morgan fingerprint density at radius 2 is 1.83 bits per heavy atom. The molecule has 1 unspecified atom stereocenters. The number of nitrogens with zero attached hydrogens (tertiary/aromatic N) is 1. The number of hydrogen-bond donors (Lipinski definition) is 0. The Kier molecular flexibility index (Phi) is 3.50. The first-order chi connectivity index (χ1) is 8.50. The lowest BCUT2D eigenvalue weighted by atomic mass is 9.88. The fraction of sp³-hybridized carbons (Fsp3) is 0.467. The molecule has 2 rings (SSSR count). The Morgan fingerprint density at radius 3 is 2.39 bits per heavy atom. The molecule has 1 aliphatic rings. The Balaban J connectivity index is 2.34. The minimum absolute atomic E-state index is 0.0245. The number of Topliss-reactive ketones (excluding diaryl/α,β-unsaturated/α-hetero) is 1. The summed E-state index contributed by atoms with van der Waals surface area (Å²) >= 11 is 0. The normalized spacial score (nSPS) is 18.7. The highest BCUT2D eigenvalue weighted by molar-refractivity contribution is 5.90. The quantitative estimate of drug-likeness (QED) is 0.801. The summed E-state index contributed by atoms with van der Waals surface area (Å²) in [7, 11) is 0. The van der Waals surface area contributed by atoms with E-state index in [0.29, 0.717) is 13.0 Å². The van der Waals surface area contributed by atoms with Crippen LogP contribution in [0.5, 0.6) is 0 Å². The molecule has 1 aromatic rings. The van der Waals surface area contributed by atoms with Gasteiger partial charge in [-0.1, -0.05) is 38.1 Å². The minimum atomic E-state index is -0.294. The number of benzene rings is 1. The molecule has 0 bridgehead atoms. The van der Waals surface area contributed by atoms with Crippen LogP contribution in [0.25, 0.3) is 0 Å². The Labute approximate surface area is 108 Å². The molecule has 1 aliphatic heterocycles. The van der Waals surface area contributed by atoms with Crippen molar-refractivity contribution in [2.75, 3.05) is 0 Å². The average molecular weight is 245 g/mol. The highest BCUT2D eigenvalue weighted by atomic mass is 16.2. The van der Waals surface area contributed by atoms with Gasteiger partial charge in [0.1, 0.15) is 0 Å². The van der Waals surface area contributed by atoms with Crippen LogP contribution in [0.3, 0.4) is 0 Å². The van der Waals surface area contributed by atoms with E-state index in [1.807, 2.05) is 38.1 Å². The number of hydrogen-bond acceptors (Lipinski definition) is 2. The number of rotatable bonds is 2. The topological polar surface area (TPSA) is 37.4 Å². The molecule has 0 fully saturated rings. The number of ketones is 1. The third-order valence-electron chi connectivity index (χ3n) is 3.55. The van der Waals surface area contributed by atoms with Crippen molar-refractivity contribution in [3.63, 3.8) is 0 Å². The van der Waals surface area contributed by atoms with E-state index in [2.05, 4.69) is 0 Å². The monoisotopic (exact) mass is 245 g/mol. The summed E-state index contributed by atoms with van der Waals surface area (Å²) in [6.45, 7) is 5.87. The number of fused-ring (bicyclic) bond motifs is 1. The Morgan fingerprint density at radius 1 is 1.22 bits per heavy atom. The molecule has 1 aromatic carbocycles. The number of carbonyl (C=O) groups is 2. The first kappa shape index (κ1) is 12.8. The van der Waals surface area contributed by atoms with E-state index >= 15 is 0 Å². The second-order valence-corrected chi connectivity index (χ2v) is 5.19. The zero-order valence-corrected chi connectivity index (χ0v) is 11.1. The van der Waals surface area contributed by atoms with Gasteiger partial charge < -0.3 is 4.90 Å². The molecule has 18 heavy (non-hydrogen) atoms. The number of amides is 1. The van der Waals surface area contributed by atoms with Crippen LogP contribution in [0.2, 0.25) is 0 Å². The predicted octanol–water partition coefficient (Wildman–Crippen LogP) is 2.18. The number of carbonyl (C=O) groups excluding carboxylic acids is 2. The van der Waals surface area contributed by atoms with Crippen LogP contribution in [-0.2, 0) is 22.6 Å². The molecule has 1 atom stereocenters. The van der Waals surface area contributed by atoms with Gasteiger partial charge in [-0.2, -0.15) is 0 Å². The van der Waals surface area contributed by atoms with E-state index in [1.54, 1.807) is 4.90 Å². The van der Waals surface area contributed by atoms with Crippen LogP contribution in [0.4, 0.5) is 0 Å². The SMILES string of the molecule is CC(=O)N1Cc2ccccc2CC1C(=O)C(C)C. The molecular formula is C15H19NO2. The van der Waals surface area contributed by atoms with Gasteiger partial charge >= 0.3 is 0 Å². The van der Waals surface area contributed by atoms with Gasteiger partial charge in [0.25, 0.3) is 0 Å². The van der Waals surface area contributed by atoms with Crippen LogP contribution in [0.1, 0.15) is 31.9 Å². The van der Waals surface area contributed by atoms with Crippen molar-refractivity contribution in [1.29, 1.82) is 0 Å². The first-order valence-electron chi connectivity index (χ1n) is 6.38. The second kappa shape index (κ2) is 4.92. The molecule has 0 radical (unpaired) electrons. The summed E-state index contributed by atoms with van der Waals surface area (Å²) in [5.41, 5.74) is 2.34. The highest BCUT2D eigenvalue weighted by Gasteiger charge is 2.33. The minimum Gasteiger partial charge on any atom is -0.328 e. The molecule has 3 heteroatoms. The van der Waals surface area contributed by atoms with Crippen molar-refractivity contribution >= 4 is 11.7 Å². The van der Waals surface area contributed by atoms with Gasteiger partial charge in [-0.15, -0.1) is 0 Å². The van der Waals surface area contributed by atoms with E-state index in [0.717, 1.165) is 5.56 Å². The first-order valence-corrected chi connectivity index (χ1v) is 6.38. The standard InChI is InChI=1S/C15H19NO2/c1-10(2)15(18)14-8-12-6-4-5-7-13(12)9-16(14)11(3)17/h4-7,10,14H,8-9H2,1-3H3. The fourth-order valence-corrected chi connectivity index (χ4v) is 2.49. The maximum atomic E-state index is 12.2. The molecule has 3 nitrogen and oxygen atoms in total. The molecule has 96 valence electrons. The van der Waals surface area contributed by atoms with Crippen LogP contribution >= 0.6 is 0 Å². The zero-order valence-electron chi connectivity index (χ0n) is 11.1. The van der Waals surface area contributed by atoms with Crippen molar-refractivity contribution in [2.45, 2.75) is 39.8 Å². The molecule has 0 saturated heterocycles. The van der Waals surface area contributed by atoms with Gasteiger partial charge in [0.2, 0.25) is 5.91 Å². The second-order valence-electron chi connectivity index (χ2n) is 5.19. The Bertz CT molecular complexity index is 479. The van der Waals surface area contributed by atoms with Gasteiger partial charge in [-0.3, -0.25) is 9.59 Å². The van der Waals surface area contributed by atoms with Crippen molar-refractivity contribution in [2.24, 2.45) is 5.92 Å². The van der Waals surface area contributed by atoms with Gasteiger partial charge in [0.05, 0.1) is 6.04 Å². The summed E-state index contributed by atoms with van der Waals surface area (Å²) in [5, 5.41) is 0. The lowest BCUT2D eigenvalue weighted by Gasteiger charge is -2.36. The summed E-state index contributed by atoms with van der Waals surface area (Å²) in [6, 6.07) is 7.74. The average Bonchev–Trinajstić information content (AvgIpc) is 2.36. The van der Waals surface area contributed by atoms with E-state index in [9.17, 15) is 9.59 Å². The van der Waals surface area contributed by atoms with Crippen LogP contribution in [0.15, 0.2) is 24.3 Å². The lowest BCUT2D eigenvalue weighted by Crippen LogP contribution is -2.49. The largest absolute Gasteiger partial charge is 0.328 e. The molecule has 0 aromatic heterocycles. The van der Waals surface area contributed by atoms with Crippen molar-refractivity contribution in [3.05, 3.63) is 35.4 Å². The van der Waals surface area contributed by atoms with Crippen molar-refractivity contribution in [3.8, 4) is 0 Å².